The van der Waals surface area contributed by atoms with Gasteiger partial charge in [-0.05, 0) is 45.6 Å². The van der Waals surface area contributed by atoms with Gasteiger partial charge < -0.3 is 10.6 Å². The summed E-state index contributed by atoms with van der Waals surface area (Å²) < 4.78 is 27.1. The van der Waals surface area contributed by atoms with Crippen molar-refractivity contribution < 1.29 is 8.42 Å². The Labute approximate surface area is 115 Å². The van der Waals surface area contributed by atoms with Gasteiger partial charge in [0.2, 0.25) is 10.0 Å². The summed E-state index contributed by atoms with van der Waals surface area (Å²) in [5, 5.41) is 0. The normalized spacial score (nSPS) is 15.5. The zero-order valence-corrected chi connectivity index (χ0v) is 12.7. The summed E-state index contributed by atoms with van der Waals surface area (Å²) in [6, 6.07) is 6.40. The minimum atomic E-state index is -3.49. The maximum Gasteiger partial charge on any atom is 0.240 e. The van der Waals surface area contributed by atoms with Crippen LogP contribution in [0.15, 0.2) is 29.2 Å². The van der Waals surface area contributed by atoms with E-state index in [2.05, 4.69) is 4.72 Å². The summed E-state index contributed by atoms with van der Waals surface area (Å²) >= 11 is 0. The summed E-state index contributed by atoms with van der Waals surface area (Å²) in [6.45, 7) is 4.31. The van der Waals surface area contributed by atoms with E-state index in [4.69, 9.17) is 5.73 Å². The van der Waals surface area contributed by atoms with E-state index < -0.39 is 10.0 Å². The Bertz CT molecular complexity index is 512. The first-order chi connectivity index (χ1) is 8.72. The first-order valence-electron chi connectivity index (χ1n) is 6.25. The molecule has 1 aromatic carbocycles. The molecule has 0 aliphatic carbocycles. The van der Waals surface area contributed by atoms with Crippen LogP contribution in [0, 0.1) is 0 Å². The number of nitrogens with zero attached hydrogens (tertiary/aromatic N) is 1. The quantitative estimate of drug-likeness (QED) is 0.815. The van der Waals surface area contributed by atoms with Gasteiger partial charge in [-0.25, -0.2) is 13.1 Å². The Hall–Kier alpha value is -0.950. The molecule has 108 valence electrons. The second kappa shape index (κ2) is 6.47. The van der Waals surface area contributed by atoms with Gasteiger partial charge >= 0.3 is 0 Å². The molecule has 2 unspecified atom stereocenters. The Morgan fingerprint density at radius 1 is 1.32 bits per heavy atom. The van der Waals surface area contributed by atoms with Crippen molar-refractivity contribution in [3.05, 3.63) is 29.8 Å². The number of hydrogen-bond acceptors (Lipinski definition) is 4. The van der Waals surface area contributed by atoms with Crippen LogP contribution in [0.1, 0.15) is 25.5 Å². The monoisotopic (exact) mass is 285 g/mol. The molecule has 0 bridgehead atoms. The molecule has 0 saturated carbocycles. The summed E-state index contributed by atoms with van der Waals surface area (Å²) in [5.41, 5.74) is 6.58. The van der Waals surface area contributed by atoms with Crippen LogP contribution in [0.2, 0.25) is 0 Å². The van der Waals surface area contributed by atoms with Crippen LogP contribution in [-0.4, -0.2) is 40.0 Å². The van der Waals surface area contributed by atoms with Gasteiger partial charge in [0.1, 0.15) is 0 Å². The third-order valence-corrected chi connectivity index (χ3v) is 4.28. The van der Waals surface area contributed by atoms with Gasteiger partial charge in [-0.15, -0.1) is 0 Å². The van der Waals surface area contributed by atoms with Crippen molar-refractivity contribution in [2.45, 2.75) is 30.8 Å². The lowest BCUT2D eigenvalue weighted by Gasteiger charge is -2.18. The highest BCUT2D eigenvalue weighted by molar-refractivity contribution is 7.89. The molecule has 19 heavy (non-hydrogen) atoms. The SMILES string of the molecule is CC(CN(C)C)NS(=O)(=O)c1cccc(C(C)N)c1. The third kappa shape index (κ3) is 4.91. The highest BCUT2D eigenvalue weighted by Crippen LogP contribution is 2.16. The number of nitrogens with two attached hydrogens (primary N) is 1. The van der Waals surface area contributed by atoms with Gasteiger partial charge in [-0.2, -0.15) is 0 Å². The van der Waals surface area contributed by atoms with Crippen LogP contribution in [0.5, 0.6) is 0 Å². The van der Waals surface area contributed by atoms with Crippen molar-refractivity contribution in [3.63, 3.8) is 0 Å². The minimum absolute atomic E-state index is 0.154. The lowest BCUT2D eigenvalue weighted by molar-refractivity contribution is 0.370. The second-order valence-electron chi connectivity index (χ2n) is 5.15. The third-order valence-electron chi connectivity index (χ3n) is 2.69. The molecule has 5 nitrogen and oxygen atoms in total. The zero-order chi connectivity index (χ0) is 14.6. The Kier molecular flexibility index (Phi) is 5.49. The Morgan fingerprint density at radius 2 is 1.95 bits per heavy atom. The number of benzene rings is 1. The number of sulfonamides is 1. The molecule has 0 fully saturated rings. The van der Waals surface area contributed by atoms with E-state index >= 15 is 0 Å². The Morgan fingerprint density at radius 3 is 2.47 bits per heavy atom. The molecule has 2 atom stereocenters. The van der Waals surface area contributed by atoms with Gasteiger partial charge in [0.05, 0.1) is 4.90 Å². The molecule has 0 radical (unpaired) electrons. The molecule has 6 heteroatoms. The molecule has 0 saturated heterocycles. The number of nitrogens with one attached hydrogen (secondary N) is 1. The van der Waals surface area contributed by atoms with Crippen molar-refractivity contribution in [1.82, 2.24) is 9.62 Å². The molecular formula is C13H23N3O2S. The topological polar surface area (TPSA) is 75.4 Å². The lowest BCUT2D eigenvalue weighted by Crippen LogP contribution is -2.39. The minimum Gasteiger partial charge on any atom is -0.324 e. The summed E-state index contributed by atoms with van der Waals surface area (Å²) in [4.78, 5) is 2.19. The average molecular weight is 285 g/mol. The van der Waals surface area contributed by atoms with Gasteiger partial charge in [-0.1, -0.05) is 12.1 Å². The predicted molar refractivity (Wildman–Crippen MR) is 77.4 cm³/mol. The predicted octanol–water partition coefficient (Wildman–Crippen LogP) is 0.935. The van der Waals surface area contributed by atoms with E-state index in [9.17, 15) is 8.42 Å². The van der Waals surface area contributed by atoms with Crippen LogP contribution in [-0.2, 0) is 10.0 Å². The van der Waals surface area contributed by atoms with Crippen LogP contribution in [0.25, 0.3) is 0 Å². The molecule has 0 aliphatic rings. The maximum atomic E-state index is 12.2. The van der Waals surface area contributed by atoms with Crippen molar-refractivity contribution >= 4 is 10.0 Å². The van der Waals surface area contributed by atoms with Crippen molar-refractivity contribution in [2.75, 3.05) is 20.6 Å². The van der Waals surface area contributed by atoms with Gasteiger partial charge in [0.25, 0.3) is 0 Å². The van der Waals surface area contributed by atoms with Crippen molar-refractivity contribution in [3.8, 4) is 0 Å². The zero-order valence-electron chi connectivity index (χ0n) is 11.9. The van der Waals surface area contributed by atoms with Gasteiger partial charge in [0.15, 0.2) is 0 Å². The summed E-state index contributed by atoms with van der Waals surface area (Å²) in [6.07, 6.45) is 0. The van der Waals surface area contributed by atoms with Gasteiger partial charge in [-0.3, -0.25) is 0 Å². The molecule has 0 aromatic heterocycles. The molecular weight excluding hydrogens is 262 g/mol. The van der Waals surface area contributed by atoms with E-state index in [-0.39, 0.29) is 17.0 Å². The molecule has 1 aromatic rings. The molecule has 3 N–H and O–H groups in total. The van der Waals surface area contributed by atoms with E-state index in [0.717, 1.165) is 5.56 Å². The molecule has 0 aliphatic heterocycles. The van der Waals surface area contributed by atoms with E-state index in [1.54, 1.807) is 18.2 Å². The van der Waals surface area contributed by atoms with E-state index in [1.807, 2.05) is 38.9 Å². The molecule has 0 amide bonds. The van der Waals surface area contributed by atoms with E-state index in [1.165, 1.54) is 0 Å². The number of rotatable bonds is 6. The van der Waals surface area contributed by atoms with Crippen LogP contribution >= 0.6 is 0 Å². The average Bonchev–Trinajstić information content (AvgIpc) is 2.27. The van der Waals surface area contributed by atoms with E-state index in [0.29, 0.717) is 6.54 Å². The van der Waals surface area contributed by atoms with Gasteiger partial charge in [0, 0.05) is 18.6 Å². The fourth-order valence-corrected chi connectivity index (χ4v) is 3.17. The summed E-state index contributed by atoms with van der Waals surface area (Å²) in [7, 11) is 0.315. The molecule has 0 heterocycles. The highest BCUT2D eigenvalue weighted by Gasteiger charge is 2.18. The largest absolute Gasteiger partial charge is 0.324 e. The first-order valence-corrected chi connectivity index (χ1v) is 7.73. The second-order valence-corrected chi connectivity index (χ2v) is 6.86. The number of likely N-dealkylation sites (N-methyl/N-ethyl adjacent to an activating group) is 1. The molecule has 1 rings (SSSR count). The van der Waals surface area contributed by atoms with Crippen molar-refractivity contribution in [1.29, 1.82) is 0 Å². The molecule has 0 spiro atoms. The fraction of sp³-hybridized carbons (Fsp3) is 0.538. The number of hydrogen-bond donors (Lipinski definition) is 2. The standard InChI is InChI=1S/C13H23N3O2S/c1-10(9-16(3)4)15-19(17,18)13-7-5-6-12(8-13)11(2)14/h5-8,10-11,15H,9,14H2,1-4H3. The van der Waals surface area contributed by atoms with Crippen LogP contribution < -0.4 is 10.5 Å². The maximum absolute atomic E-state index is 12.2. The fourth-order valence-electron chi connectivity index (χ4n) is 1.88. The van der Waals surface area contributed by atoms with Crippen molar-refractivity contribution in [2.24, 2.45) is 5.73 Å². The van der Waals surface area contributed by atoms with Crippen LogP contribution in [0.3, 0.4) is 0 Å². The highest BCUT2D eigenvalue weighted by atomic mass is 32.2. The Balaban J connectivity index is 2.91. The lowest BCUT2D eigenvalue weighted by atomic mass is 10.1. The smallest absolute Gasteiger partial charge is 0.240 e. The van der Waals surface area contributed by atoms with Crippen LogP contribution in [0.4, 0.5) is 0 Å². The summed E-state index contributed by atoms with van der Waals surface area (Å²) in [5.74, 6) is 0. The first kappa shape index (κ1) is 16.1.